The molecule has 3 atom stereocenters. The number of methoxy groups -OCH3 is 1. The number of hydrogen-bond donors (Lipinski definition) is 1. The molecule has 3 aromatic rings. The molecule has 2 aliphatic rings. The highest BCUT2D eigenvalue weighted by molar-refractivity contribution is 5.95. The van der Waals surface area contributed by atoms with Crippen molar-refractivity contribution < 1.29 is 33.4 Å². The molecule has 10 heteroatoms. The molecule has 1 saturated heterocycles. The molecule has 3 heterocycles. The molecule has 0 unspecified atom stereocenters. The van der Waals surface area contributed by atoms with Crippen molar-refractivity contribution in [1.82, 2.24) is 9.47 Å². The first-order chi connectivity index (χ1) is 22.0. The number of carbonyl (C=O) groups excluding carboxylic acids is 1. The lowest BCUT2D eigenvalue weighted by atomic mass is 9.83. The Morgan fingerprint density at radius 2 is 1.91 bits per heavy atom. The van der Waals surface area contributed by atoms with Crippen LogP contribution in [0.3, 0.4) is 0 Å². The van der Waals surface area contributed by atoms with Crippen molar-refractivity contribution in [2.75, 3.05) is 59.6 Å². The smallest absolute Gasteiger partial charge is 0.308 e. The first-order valence-electron chi connectivity index (χ1n) is 16.2. The second-order valence-electron chi connectivity index (χ2n) is 13.6. The molecule has 0 spiro atoms. The van der Waals surface area contributed by atoms with Crippen LogP contribution in [0.5, 0.6) is 17.2 Å². The van der Waals surface area contributed by atoms with Gasteiger partial charge in [0, 0.05) is 55.2 Å². The molecule has 1 aromatic heterocycles. The van der Waals surface area contributed by atoms with Gasteiger partial charge in [0.1, 0.15) is 6.54 Å². The number of aromatic nitrogens is 1. The Morgan fingerprint density at radius 1 is 1.11 bits per heavy atom. The van der Waals surface area contributed by atoms with Crippen LogP contribution in [0.15, 0.2) is 54.7 Å². The minimum atomic E-state index is -0.871. The van der Waals surface area contributed by atoms with Gasteiger partial charge < -0.3 is 33.3 Å². The highest BCUT2D eigenvalue weighted by atomic mass is 16.7. The van der Waals surface area contributed by atoms with Crippen LogP contribution in [0.2, 0.25) is 0 Å². The summed E-state index contributed by atoms with van der Waals surface area (Å²) in [5.74, 6) is -0.393. The molecule has 2 aliphatic heterocycles. The zero-order chi connectivity index (χ0) is 33.0. The predicted molar refractivity (Wildman–Crippen MR) is 178 cm³/mol. The highest BCUT2D eigenvalue weighted by Crippen LogP contribution is 2.47. The van der Waals surface area contributed by atoms with E-state index in [1.807, 2.05) is 48.5 Å². The van der Waals surface area contributed by atoms with Gasteiger partial charge in [0.2, 0.25) is 18.4 Å². The summed E-state index contributed by atoms with van der Waals surface area (Å²) in [5, 5.41) is 10.7. The number of quaternary nitrogens is 1. The van der Waals surface area contributed by atoms with Crippen LogP contribution in [0, 0.1) is 5.92 Å². The molecule has 2 aromatic carbocycles. The van der Waals surface area contributed by atoms with E-state index >= 15 is 0 Å². The summed E-state index contributed by atoms with van der Waals surface area (Å²) in [6, 6.07) is 15.7. The number of anilines is 1. The average Bonchev–Trinajstić information content (AvgIpc) is 3.73. The molecule has 46 heavy (non-hydrogen) atoms. The maximum atomic E-state index is 14.3. The van der Waals surface area contributed by atoms with Gasteiger partial charge in [0.05, 0.1) is 40.7 Å². The third kappa shape index (κ3) is 7.50. The van der Waals surface area contributed by atoms with Gasteiger partial charge in [-0.2, -0.15) is 0 Å². The van der Waals surface area contributed by atoms with Crippen LogP contribution in [0.1, 0.15) is 48.9 Å². The van der Waals surface area contributed by atoms with Gasteiger partial charge in [-0.1, -0.05) is 25.5 Å². The van der Waals surface area contributed by atoms with Crippen molar-refractivity contribution in [1.29, 1.82) is 0 Å². The number of benzene rings is 2. The topological polar surface area (TPSA) is 93.5 Å². The van der Waals surface area contributed by atoms with Gasteiger partial charge in [-0.25, -0.2) is 0 Å². The van der Waals surface area contributed by atoms with Crippen LogP contribution < -0.4 is 19.1 Å². The van der Waals surface area contributed by atoms with E-state index in [0.717, 1.165) is 40.8 Å². The van der Waals surface area contributed by atoms with E-state index in [2.05, 4.69) is 55.7 Å². The lowest BCUT2D eigenvalue weighted by Crippen LogP contribution is -2.44. The van der Waals surface area contributed by atoms with Gasteiger partial charge in [-0.05, 0) is 61.2 Å². The van der Waals surface area contributed by atoms with E-state index in [-0.39, 0.29) is 31.2 Å². The quantitative estimate of drug-likeness (QED) is 0.253. The molecular formula is C36H49N4O6+. The second-order valence-corrected chi connectivity index (χ2v) is 13.6. The van der Waals surface area contributed by atoms with Crippen molar-refractivity contribution in [3.63, 3.8) is 0 Å². The number of nitrogens with zero attached hydrogens (tertiary/aromatic N) is 4. The van der Waals surface area contributed by atoms with Crippen molar-refractivity contribution in [3.05, 3.63) is 71.5 Å². The number of amides is 1. The Hall–Kier alpha value is -4.02. The Kier molecular flexibility index (Phi) is 10.3. The van der Waals surface area contributed by atoms with Crippen molar-refractivity contribution in [3.8, 4) is 17.2 Å². The molecule has 0 saturated carbocycles. The SMILES string of the molecule is CCCCN(C(=O)CN1C[C@H](c2cc(OC)c3c(c2)OCO3)[C@@H](C(=O)O)[C@@H]1CCc1cccn1C)c1cccc(C[N+](C)(C)C)c1. The van der Waals surface area contributed by atoms with Crippen LogP contribution in [-0.2, 0) is 29.6 Å². The summed E-state index contributed by atoms with van der Waals surface area (Å²) in [7, 11) is 10.0. The Morgan fingerprint density at radius 3 is 2.59 bits per heavy atom. The molecule has 5 rings (SSSR count). The van der Waals surface area contributed by atoms with Crippen molar-refractivity contribution >= 4 is 17.6 Å². The third-order valence-electron chi connectivity index (χ3n) is 9.14. The molecule has 1 N–H and O–H groups in total. The van der Waals surface area contributed by atoms with Crippen LogP contribution in [0.25, 0.3) is 0 Å². The minimum Gasteiger partial charge on any atom is -0.493 e. The molecule has 1 fully saturated rings. The number of hydrogen-bond acceptors (Lipinski definition) is 6. The Bertz CT molecular complexity index is 1530. The number of fused-ring (bicyclic) bond motifs is 1. The Balaban J connectivity index is 1.47. The van der Waals surface area contributed by atoms with E-state index in [1.54, 1.807) is 7.11 Å². The first-order valence-corrected chi connectivity index (χ1v) is 16.2. The lowest BCUT2D eigenvalue weighted by Gasteiger charge is -2.30. The number of likely N-dealkylation sites (tertiary alicyclic amines) is 1. The highest BCUT2D eigenvalue weighted by Gasteiger charge is 2.47. The van der Waals surface area contributed by atoms with E-state index in [0.29, 0.717) is 43.2 Å². The van der Waals surface area contributed by atoms with Crippen LogP contribution >= 0.6 is 0 Å². The second kappa shape index (κ2) is 14.2. The van der Waals surface area contributed by atoms with E-state index in [4.69, 9.17) is 14.2 Å². The Labute approximate surface area is 272 Å². The number of aliphatic carboxylic acids is 1. The number of carboxylic acids is 1. The summed E-state index contributed by atoms with van der Waals surface area (Å²) >= 11 is 0. The average molecular weight is 634 g/mol. The fourth-order valence-corrected chi connectivity index (χ4v) is 6.95. The number of aryl methyl sites for hydroxylation is 2. The van der Waals surface area contributed by atoms with Gasteiger partial charge in [-0.15, -0.1) is 0 Å². The summed E-state index contributed by atoms with van der Waals surface area (Å²) in [6.07, 6.45) is 5.14. The summed E-state index contributed by atoms with van der Waals surface area (Å²) in [6.45, 7) is 4.22. The van der Waals surface area contributed by atoms with Gasteiger partial charge in [0.25, 0.3) is 0 Å². The first kappa shape index (κ1) is 33.3. The minimum absolute atomic E-state index is 0.0206. The fraction of sp³-hybridized carbons (Fsp3) is 0.500. The standard InChI is InChI=1S/C36H48N4O6/c1-7-8-17-39(28-12-9-11-25(18-28)23-40(3,4)5)33(41)22-38-21-29(26-19-31(44-6)35-32(20-26)45-24-46-35)34(36(42)43)30(38)15-14-27-13-10-16-37(27)2/h9-13,16,18-20,29-30,34H,7-8,14-15,17,21-24H2,1-6H3/p+1/t29-,30+,34-/m1/s1. The number of ether oxygens (including phenoxy) is 3. The number of carbonyl (C=O) groups is 2. The molecular weight excluding hydrogens is 584 g/mol. The molecule has 248 valence electrons. The number of carboxylic acid groups (broad SMARTS) is 1. The van der Waals surface area contributed by atoms with E-state index in [1.165, 1.54) is 5.56 Å². The molecule has 0 bridgehead atoms. The van der Waals surface area contributed by atoms with E-state index in [9.17, 15) is 14.7 Å². The van der Waals surface area contributed by atoms with Gasteiger partial charge in [0.15, 0.2) is 11.5 Å². The van der Waals surface area contributed by atoms with Gasteiger partial charge in [-0.3, -0.25) is 14.5 Å². The molecule has 0 radical (unpaired) electrons. The van der Waals surface area contributed by atoms with Crippen molar-refractivity contribution in [2.45, 2.75) is 51.1 Å². The zero-order valence-corrected chi connectivity index (χ0v) is 28.1. The van der Waals surface area contributed by atoms with Gasteiger partial charge >= 0.3 is 5.97 Å². The summed E-state index contributed by atoms with van der Waals surface area (Å²) in [4.78, 5) is 31.3. The largest absolute Gasteiger partial charge is 0.493 e. The maximum absolute atomic E-state index is 14.3. The maximum Gasteiger partial charge on any atom is 0.308 e. The summed E-state index contributed by atoms with van der Waals surface area (Å²) in [5.41, 5.74) is 3.99. The number of rotatable bonds is 14. The normalized spacial score (nSPS) is 19.4. The van der Waals surface area contributed by atoms with Crippen LogP contribution in [-0.4, -0.2) is 91.7 Å². The van der Waals surface area contributed by atoms with Crippen LogP contribution in [0.4, 0.5) is 5.69 Å². The lowest BCUT2D eigenvalue weighted by molar-refractivity contribution is -0.884. The number of unbranched alkanes of at least 4 members (excludes halogenated alkanes) is 1. The molecule has 1 amide bonds. The molecule has 10 nitrogen and oxygen atoms in total. The van der Waals surface area contributed by atoms with E-state index < -0.39 is 11.9 Å². The monoisotopic (exact) mass is 633 g/mol. The summed E-state index contributed by atoms with van der Waals surface area (Å²) < 4.78 is 19.8. The molecule has 0 aliphatic carbocycles. The predicted octanol–water partition coefficient (Wildman–Crippen LogP) is 4.90. The zero-order valence-electron chi connectivity index (χ0n) is 28.1. The fourth-order valence-electron chi connectivity index (χ4n) is 6.95. The third-order valence-corrected chi connectivity index (χ3v) is 9.14. The van der Waals surface area contributed by atoms with Crippen molar-refractivity contribution in [2.24, 2.45) is 13.0 Å².